The van der Waals surface area contributed by atoms with Gasteiger partial charge in [-0.3, -0.25) is 19.2 Å². The van der Waals surface area contributed by atoms with Gasteiger partial charge in [0, 0.05) is 0 Å². The molecule has 10 nitrogen and oxygen atoms in total. The van der Waals surface area contributed by atoms with E-state index in [0.717, 1.165) is 0 Å². The summed E-state index contributed by atoms with van der Waals surface area (Å²) in [5.41, 5.74) is 11.1. The van der Waals surface area contributed by atoms with E-state index in [4.69, 9.17) is 16.6 Å². The first-order valence-corrected chi connectivity index (χ1v) is 8.66. The Balaban J connectivity index is 4.69. The number of nitrogens with one attached hydrogen (secondary N) is 3. The lowest BCUT2D eigenvalue weighted by Gasteiger charge is -2.20. The Bertz CT molecular complexity index is 497. The van der Waals surface area contributed by atoms with Crippen LogP contribution in [0, 0.1) is 5.92 Å². The van der Waals surface area contributed by atoms with Crippen LogP contribution < -0.4 is 27.4 Å². The van der Waals surface area contributed by atoms with Gasteiger partial charge in [-0.25, -0.2) is 0 Å². The summed E-state index contributed by atoms with van der Waals surface area (Å²) < 4.78 is 0. The second kappa shape index (κ2) is 12.2. The first-order valence-electron chi connectivity index (χ1n) is 8.66. The zero-order valence-corrected chi connectivity index (χ0v) is 15.6. The van der Waals surface area contributed by atoms with Crippen molar-refractivity contribution in [3.05, 3.63) is 0 Å². The van der Waals surface area contributed by atoms with E-state index in [1.54, 1.807) is 13.8 Å². The number of hydrogen-bond acceptors (Lipinski definition) is 6. The van der Waals surface area contributed by atoms with Crippen molar-refractivity contribution < 1.29 is 24.3 Å². The van der Waals surface area contributed by atoms with E-state index < -0.39 is 41.8 Å². The SMILES string of the molecule is CC(NC(=O)C(CCCCN)NC(=O)CNC(=O)C(N)C(C)C)C(=O)O. The molecule has 0 saturated carbocycles. The predicted molar refractivity (Wildman–Crippen MR) is 95.9 cm³/mol. The Morgan fingerprint density at radius 3 is 2.12 bits per heavy atom. The molecule has 150 valence electrons. The maximum absolute atomic E-state index is 12.2. The van der Waals surface area contributed by atoms with Crippen LogP contribution in [0.5, 0.6) is 0 Å². The van der Waals surface area contributed by atoms with Crippen molar-refractivity contribution >= 4 is 23.7 Å². The molecule has 0 bridgehead atoms. The van der Waals surface area contributed by atoms with Crippen LogP contribution in [-0.4, -0.2) is 60.0 Å². The van der Waals surface area contributed by atoms with E-state index in [0.29, 0.717) is 25.8 Å². The maximum Gasteiger partial charge on any atom is 0.325 e. The lowest BCUT2D eigenvalue weighted by atomic mass is 10.1. The average Bonchev–Trinajstić information content (AvgIpc) is 2.57. The topological polar surface area (TPSA) is 177 Å². The largest absolute Gasteiger partial charge is 0.480 e. The van der Waals surface area contributed by atoms with Crippen molar-refractivity contribution in [3.63, 3.8) is 0 Å². The van der Waals surface area contributed by atoms with Crippen LogP contribution in [-0.2, 0) is 19.2 Å². The molecule has 0 rings (SSSR count). The van der Waals surface area contributed by atoms with E-state index in [2.05, 4.69) is 16.0 Å². The minimum atomic E-state index is -1.18. The summed E-state index contributed by atoms with van der Waals surface area (Å²) in [7, 11) is 0. The van der Waals surface area contributed by atoms with Gasteiger partial charge in [0.15, 0.2) is 0 Å². The summed E-state index contributed by atoms with van der Waals surface area (Å²) in [5.74, 6) is -2.88. The van der Waals surface area contributed by atoms with Gasteiger partial charge in [-0.05, 0) is 38.6 Å². The molecule has 0 aromatic rings. The number of hydrogen-bond donors (Lipinski definition) is 6. The number of nitrogens with two attached hydrogens (primary N) is 2. The van der Waals surface area contributed by atoms with Gasteiger partial charge in [-0.2, -0.15) is 0 Å². The van der Waals surface area contributed by atoms with Crippen LogP contribution in [0.4, 0.5) is 0 Å². The van der Waals surface area contributed by atoms with Crippen molar-refractivity contribution in [1.29, 1.82) is 0 Å². The molecule has 0 heterocycles. The number of aliphatic carboxylic acids is 1. The molecule has 0 spiro atoms. The Morgan fingerprint density at radius 2 is 1.62 bits per heavy atom. The Hall–Kier alpha value is -2.20. The molecule has 26 heavy (non-hydrogen) atoms. The molecule has 3 atom stereocenters. The molecule has 3 unspecified atom stereocenters. The lowest BCUT2D eigenvalue weighted by Crippen LogP contribution is -2.53. The molecule has 0 aromatic carbocycles. The molecule has 0 fully saturated rings. The third-order valence-corrected chi connectivity index (χ3v) is 3.77. The van der Waals surface area contributed by atoms with Crippen LogP contribution in [0.15, 0.2) is 0 Å². The molecule has 0 aliphatic rings. The maximum atomic E-state index is 12.2. The second-order valence-corrected chi connectivity index (χ2v) is 6.46. The number of carboxylic acid groups (broad SMARTS) is 1. The summed E-state index contributed by atoms with van der Waals surface area (Å²) in [4.78, 5) is 46.8. The molecule has 0 radical (unpaired) electrons. The van der Waals surface area contributed by atoms with Crippen molar-refractivity contribution in [1.82, 2.24) is 16.0 Å². The zero-order chi connectivity index (χ0) is 20.3. The van der Waals surface area contributed by atoms with Gasteiger partial charge in [0.25, 0.3) is 0 Å². The van der Waals surface area contributed by atoms with Crippen LogP contribution in [0.25, 0.3) is 0 Å². The lowest BCUT2D eigenvalue weighted by molar-refractivity contribution is -0.141. The Morgan fingerprint density at radius 1 is 1.00 bits per heavy atom. The van der Waals surface area contributed by atoms with Crippen LogP contribution in [0.3, 0.4) is 0 Å². The number of rotatable bonds is 12. The summed E-state index contributed by atoms with van der Waals surface area (Å²) in [5, 5.41) is 16.1. The van der Waals surface area contributed by atoms with Crippen molar-refractivity contribution in [2.75, 3.05) is 13.1 Å². The quantitative estimate of drug-likeness (QED) is 0.221. The van der Waals surface area contributed by atoms with Gasteiger partial charge in [0.1, 0.15) is 12.1 Å². The molecule has 0 aliphatic heterocycles. The third kappa shape index (κ3) is 9.33. The summed E-state index contributed by atoms with van der Waals surface area (Å²) in [6.07, 6.45) is 1.55. The monoisotopic (exact) mass is 373 g/mol. The molecule has 0 saturated heterocycles. The highest BCUT2D eigenvalue weighted by molar-refractivity contribution is 5.92. The minimum Gasteiger partial charge on any atom is -0.480 e. The summed E-state index contributed by atoms with van der Waals surface area (Å²) in [6.45, 7) is 5.01. The minimum absolute atomic E-state index is 0.0784. The van der Waals surface area contributed by atoms with Crippen LogP contribution in [0.1, 0.15) is 40.0 Å². The molecule has 0 aromatic heterocycles. The first kappa shape index (κ1) is 23.8. The number of carbonyl (C=O) groups excluding carboxylic acids is 3. The smallest absolute Gasteiger partial charge is 0.325 e. The Labute approximate surface area is 153 Å². The van der Waals surface area contributed by atoms with Crippen molar-refractivity contribution in [3.8, 4) is 0 Å². The molecule has 10 heteroatoms. The molecule has 3 amide bonds. The van der Waals surface area contributed by atoms with Gasteiger partial charge in [0.2, 0.25) is 17.7 Å². The highest BCUT2D eigenvalue weighted by Crippen LogP contribution is 2.02. The zero-order valence-electron chi connectivity index (χ0n) is 15.6. The van der Waals surface area contributed by atoms with Gasteiger partial charge < -0.3 is 32.5 Å². The fourth-order valence-corrected chi connectivity index (χ4v) is 1.97. The second-order valence-electron chi connectivity index (χ2n) is 6.46. The number of amides is 3. The van der Waals surface area contributed by atoms with E-state index in [9.17, 15) is 19.2 Å². The highest BCUT2D eigenvalue weighted by Gasteiger charge is 2.24. The first-order chi connectivity index (χ1) is 12.1. The van der Waals surface area contributed by atoms with Crippen molar-refractivity contribution in [2.45, 2.75) is 58.2 Å². The molecule has 8 N–H and O–H groups in total. The van der Waals surface area contributed by atoms with Gasteiger partial charge in [0.05, 0.1) is 12.6 Å². The van der Waals surface area contributed by atoms with E-state index in [1.807, 2.05) is 0 Å². The van der Waals surface area contributed by atoms with E-state index >= 15 is 0 Å². The normalized spacial score (nSPS) is 14.2. The average molecular weight is 373 g/mol. The molecular weight excluding hydrogens is 342 g/mol. The number of carbonyl (C=O) groups is 4. The number of unbranched alkanes of at least 4 members (excludes halogenated alkanes) is 1. The summed E-state index contributed by atoms with van der Waals surface area (Å²) in [6, 6.07) is -2.73. The van der Waals surface area contributed by atoms with Crippen LogP contribution in [0.2, 0.25) is 0 Å². The number of carboxylic acids is 1. The van der Waals surface area contributed by atoms with Crippen molar-refractivity contribution in [2.24, 2.45) is 17.4 Å². The van der Waals surface area contributed by atoms with E-state index in [-0.39, 0.29) is 12.5 Å². The fourth-order valence-electron chi connectivity index (χ4n) is 1.97. The van der Waals surface area contributed by atoms with Gasteiger partial charge in [-0.1, -0.05) is 13.8 Å². The highest BCUT2D eigenvalue weighted by atomic mass is 16.4. The van der Waals surface area contributed by atoms with Gasteiger partial charge >= 0.3 is 5.97 Å². The third-order valence-electron chi connectivity index (χ3n) is 3.77. The fraction of sp³-hybridized carbons (Fsp3) is 0.750. The van der Waals surface area contributed by atoms with Gasteiger partial charge in [-0.15, -0.1) is 0 Å². The van der Waals surface area contributed by atoms with Crippen LogP contribution >= 0.6 is 0 Å². The molecular formula is C16H31N5O5. The predicted octanol–water partition coefficient (Wildman–Crippen LogP) is -1.71. The summed E-state index contributed by atoms with van der Waals surface area (Å²) >= 11 is 0. The van der Waals surface area contributed by atoms with E-state index in [1.165, 1.54) is 6.92 Å². The standard InChI is InChI=1S/C16H31N5O5/c1-9(2)13(18)15(24)19-8-12(22)21-11(6-4-5-7-17)14(23)20-10(3)16(25)26/h9-11,13H,4-8,17-18H2,1-3H3,(H,19,24)(H,20,23)(H,21,22)(H,25,26). The molecule has 0 aliphatic carbocycles. The Kier molecular flexibility index (Phi) is 11.2.